The summed E-state index contributed by atoms with van der Waals surface area (Å²) in [5.74, 6) is -1.28. The van der Waals surface area contributed by atoms with Gasteiger partial charge in [0.2, 0.25) is 0 Å². The highest BCUT2D eigenvalue weighted by Gasteiger charge is 2.57. The smallest absolute Gasteiger partial charge is 0.384 e. The zero-order chi connectivity index (χ0) is 23.3. The summed E-state index contributed by atoms with van der Waals surface area (Å²) >= 11 is 0. The third kappa shape index (κ3) is 4.77. The van der Waals surface area contributed by atoms with Crippen molar-refractivity contribution >= 4 is 25.6 Å². The molecule has 0 amide bonds. The standard InChI is InChI=1S/C20H23NO8S2/c1-3-20(21(23)24,19(22)29-4-2)15-18(30(25,26)16-11-7-5-8-12-16)31(27,28)17-13-9-6-10-14-17/h5-14,18H,3-4,15H2,1-2H3. The molecule has 0 aliphatic rings. The first kappa shape index (κ1) is 24.5. The minimum Gasteiger partial charge on any atom is -0.461 e. The fourth-order valence-corrected chi connectivity index (χ4v) is 7.77. The SMILES string of the molecule is CCOC(=O)C(CC)(CC(S(=O)(=O)c1ccccc1)S(=O)(=O)c1ccccc1)[N+](=O)[O-]. The lowest BCUT2D eigenvalue weighted by Gasteiger charge is -2.26. The molecule has 168 valence electrons. The van der Waals surface area contributed by atoms with Crippen LogP contribution in [0.3, 0.4) is 0 Å². The number of ether oxygens (including phenoxy) is 1. The largest absolute Gasteiger partial charge is 0.461 e. The average Bonchev–Trinajstić information content (AvgIpc) is 2.75. The van der Waals surface area contributed by atoms with Crippen molar-refractivity contribution in [3.8, 4) is 0 Å². The van der Waals surface area contributed by atoms with Crippen molar-refractivity contribution in [3.05, 3.63) is 70.8 Å². The summed E-state index contributed by atoms with van der Waals surface area (Å²) in [4.78, 5) is 22.9. The number of hydrogen-bond donors (Lipinski definition) is 0. The van der Waals surface area contributed by atoms with Crippen LogP contribution >= 0.6 is 0 Å². The van der Waals surface area contributed by atoms with Gasteiger partial charge in [-0.1, -0.05) is 43.3 Å². The number of esters is 1. The molecule has 0 heterocycles. The van der Waals surface area contributed by atoms with Crippen molar-refractivity contribution in [1.29, 1.82) is 0 Å². The summed E-state index contributed by atoms with van der Waals surface area (Å²) in [6, 6.07) is 13.5. The van der Waals surface area contributed by atoms with E-state index in [9.17, 15) is 31.7 Å². The molecule has 0 bridgehead atoms. The van der Waals surface area contributed by atoms with Crippen LogP contribution in [0.15, 0.2) is 70.5 Å². The van der Waals surface area contributed by atoms with E-state index in [1.165, 1.54) is 62.4 Å². The molecule has 0 aliphatic heterocycles. The van der Waals surface area contributed by atoms with E-state index in [0.29, 0.717) is 0 Å². The van der Waals surface area contributed by atoms with Crippen molar-refractivity contribution in [2.75, 3.05) is 6.61 Å². The first-order valence-corrected chi connectivity index (χ1v) is 12.5. The Hall–Kier alpha value is -2.79. The van der Waals surface area contributed by atoms with E-state index in [1.807, 2.05) is 0 Å². The van der Waals surface area contributed by atoms with Crippen LogP contribution in [0.5, 0.6) is 0 Å². The Labute approximate surface area is 181 Å². The molecule has 31 heavy (non-hydrogen) atoms. The van der Waals surface area contributed by atoms with Crippen LogP contribution in [0.25, 0.3) is 0 Å². The van der Waals surface area contributed by atoms with Gasteiger partial charge in [-0.2, -0.15) is 0 Å². The number of carbonyl (C=O) groups is 1. The van der Waals surface area contributed by atoms with Gasteiger partial charge in [0.1, 0.15) is 0 Å². The van der Waals surface area contributed by atoms with E-state index in [4.69, 9.17) is 4.74 Å². The Morgan fingerprint density at radius 1 is 0.935 bits per heavy atom. The fourth-order valence-electron chi connectivity index (χ4n) is 3.10. The first-order chi connectivity index (χ1) is 14.5. The van der Waals surface area contributed by atoms with Gasteiger partial charge < -0.3 is 4.74 Å². The minimum absolute atomic E-state index is 0.185. The summed E-state index contributed by atoms with van der Waals surface area (Å²) in [5, 5.41) is 11.9. The van der Waals surface area contributed by atoms with E-state index in [-0.39, 0.29) is 16.4 Å². The summed E-state index contributed by atoms with van der Waals surface area (Å²) in [5.41, 5.74) is -2.55. The van der Waals surface area contributed by atoms with Crippen LogP contribution in [-0.4, -0.2) is 44.5 Å². The van der Waals surface area contributed by atoms with Gasteiger partial charge in [-0.3, -0.25) is 10.1 Å². The highest BCUT2D eigenvalue weighted by Crippen LogP contribution is 2.34. The Bertz CT molecular complexity index is 1060. The molecule has 0 saturated heterocycles. The van der Waals surface area contributed by atoms with Gasteiger partial charge in [0.25, 0.3) is 0 Å². The lowest BCUT2D eigenvalue weighted by atomic mass is 9.94. The van der Waals surface area contributed by atoms with Gasteiger partial charge in [-0.25, -0.2) is 21.6 Å². The Kier molecular flexibility index (Phi) is 7.55. The van der Waals surface area contributed by atoms with Gasteiger partial charge in [-0.05, 0) is 31.2 Å². The second kappa shape index (κ2) is 9.56. The molecule has 0 fully saturated rings. The lowest BCUT2D eigenvalue weighted by molar-refractivity contribution is -0.556. The van der Waals surface area contributed by atoms with Crippen molar-refractivity contribution in [2.24, 2.45) is 0 Å². The van der Waals surface area contributed by atoms with Crippen molar-refractivity contribution < 1.29 is 31.3 Å². The molecule has 0 aliphatic carbocycles. The Balaban J connectivity index is 2.76. The van der Waals surface area contributed by atoms with Crippen LogP contribution < -0.4 is 0 Å². The molecule has 2 rings (SSSR count). The maximum atomic E-state index is 13.4. The van der Waals surface area contributed by atoms with E-state index in [2.05, 4.69) is 0 Å². The number of sulfone groups is 2. The molecule has 1 atom stereocenters. The number of benzene rings is 2. The monoisotopic (exact) mass is 469 g/mol. The fraction of sp³-hybridized carbons (Fsp3) is 0.350. The van der Waals surface area contributed by atoms with Crippen LogP contribution in [0, 0.1) is 10.1 Å². The van der Waals surface area contributed by atoms with Gasteiger partial charge in [0.15, 0.2) is 24.3 Å². The normalized spacial score (nSPS) is 14.0. The Morgan fingerprint density at radius 2 is 1.35 bits per heavy atom. The number of nitrogens with zero attached hydrogens (tertiary/aromatic N) is 1. The molecule has 1 unspecified atom stereocenters. The minimum atomic E-state index is -4.63. The molecular weight excluding hydrogens is 446 g/mol. The summed E-state index contributed by atoms with van der Waals surface area (Å²) in [6.07, 6.45) is -1.55. The predicted molar refractivity (Wildman–Crippen MR) is 112 cm³/mol. The molecule has 2 aromatic rings. The summed E-state index contributed by atoms with van der Waals surface area (Å²) in [7, 11) is -9.26. The van der Waals surface area contributed by atoms with Crippen LogP contribution in [0.2, 0.25) is 0 Å². The quantitative estimate of drug-likeness (QED) is 0.294. The van der Waals surface area contributed by atoms with E-state index < -0.39 is 53.5 Å². The van der Waals surface area contributed by atoms with Gasteiger partial charge >= 0.3 is 11.5 Å². The maximum absolute atomic E-state index is 13.4. The predicted octanol–water partition coefficient (Wildman–Crippen LogP) is 2.64. The maximum Gasteiger partial charge on any atom is 0.384 e. The average molecular weight is 470 g/mol. The highest BCUT2D eigenvalue weighted by molar-refractivity contribution is 8.09. The van der Waals surface area contributed by atoms with Gasteiger partial charge in [-0.15, -0.1) is 0 Å². The molecule has 0 spiro atoms. The summed E-state index contributed by atoms with van der Waals surface area (Å²) < 4.78 is 56.1. The molecule has 0 aromatic heterocycles. The topological polar surface area (TPSA) is 138 Å². The third-order valence-corrected chi connectivity index (χ3v) is 10.0. The van der Waals surface area contributed by atoms with Crippen LogP contribution in [-0.2, 0) is 29.2 Å². The highest BCUT2D eigenvalue weighted by atomic mass is 32.3. The Morgan fingerprint density at radius 3 is 1.68 bits per heavy atom. The molecule has 2 aromatic carbocycles. The molecular formula is C20H23NO8S2. The number of carbonyl (C=O) groups excluding carboxylic acids is 1. The zero-order valence-corrected chi connectivity index (χ0v) is 18.6. The van der Waals surface area contributed by atoms with E-state index >= 15 is 0 Å². The van der Waals surface area contributed by atoms with Crippen molar-refractivity contribution in [3.63, 3.8) is 0 Å². The molecule has 0 N–H and O–H groups in total. The second-order valence-electron chi connectivity index (χ2n) is 6.71. The number of hydrogen-bond acceptors (Lipinski definition) is 8. The van der Waals surface area contributed by atoms with Crippen LogP contribution in [0.1, 0.15) is 26.7 Å². The second-order valence-corrected chi connectivity index (χ2v) is 11.3. The van der Waals surface area contributed by atoms with Gasteiger partial charge in [0, 0.05) is 11.3 Å². The van der Waals surface area contributed by atoms with Crippen molar-refractivity contribution in [1.82, 2.24) is 0 Å². The molecule has 11 heteroatoms. The molecule has 0 saturated carbocycles. The summed E-state index contributed by atoms with van der Waals surface area (Å²) in [6.45, 7) is 2.56. The van der Waals surface area contributed by atoms with E-state index in [0.717, 1.165) is 0 Å². The van der Waals surface area contributed by atoms with Crippen LogP contribution in [0.4, 0.5) is 0 Å². The van der Waals surface area contributed by atoms with Gasteiger partial charge in [0.05, 0.1) is 22.8 Å². The van der Waals surface area contributed by atoms with E-state index in [1.54, 1.807) is 12.1 Å². The number of rotatable bonds is 10. The number of nitro groups is 1. The third-order valence-electron chi connectivity index (χ3n) is 4.93. The lowest BCUT2D eigenvalue weighted by Crippen LogP contribution is -2.52. The molecule has 9 nitrogen and oxygen atoms in total. The van der Waals surface area contributed by atoms with Crippen molar-refractivity contribution in [2.45, 2.75) is 46.6 Å². The zero-order valence-electron chi connectivity index (χ0n) is 17.0. The first-order valence-electron chi connectivity index (χ1n) is 9.43. The molecule has 0 radical (unpaired) electrons.